The molecule has 2 N–H and O–H groups in total. The van der Waals surface area contributed by atoms with Gasteiger partial charge in [0.15, 0.2) is 5.96 Å². The number of aromatic nitrogens is 2. The SMILES string of the molecule is CCNC(=NCc1cnn(-c2ccccc2)c1)NCCCN1C(=O)C2C3C=CC(C3)C2C1=O. The van der Waals surface area contributed by atoms with Crippen molar-refractivity contribution in [3.63, 3.8) is 0 Å². The van der Waals surface area contributed by atoms with Crippen LogP contribution in [0.25, 0.3) is 5.69 Å². The highest BCUT2D eigenvalue weighted by Gasteiger charge is 2.58. The van der Waals surface area contributed by atoms with Crippen LogP contribution in [0.4, 0.5) is 0 Å². The van der Waals surface area contributed by atoms with Crippen LogP contribution in [-0.4, -0.2) is 52.1 Å². The number of amides is 2. The summed E-state index contributed by atoms with van der Waals surface area (Å²) in [6.07, 6.45) is 9.72. The number of para-hydroxylation sites is 1. The van der Waals surface area contributed by atoms with Gasteiger partial charge in [0, 0.05) is 31.4 Å². The van der Waals surface area contributed by atoms with Crippen LogP contribution in [-0.2, 0) is 16.1 Å². The molecule has 0 spiro atoms. The van der Waals surface area contributed by atoms with Crippen molar-refractivity contribution in [1.29, 1.82) is 0 Å². The summed E-state index contributed by atoms with van der Waals surface area (Å²) in [6, 6.07) is 9.97. The molecule has 1 saturated heterocycles. The maximum Gasteiger partial charge on any atom is 0.233 e. The van der Waals surface area contributed by atoms with E-state index in [0.29, 0.717) is 32.0 Å². The Hall–Kier alpha value is -3.42. The molecule has 2 heterocycles. The maximum atomic E-state index is 12.8. The maximum absolute atomic E-state index is 12.8. The summed E-state index contributed by atoms with van der Waals surface area (Å²) in [7, 11) is 0. The van der Waals surface area contributed by atoms with Gasteiger partial charge in [-0.25, -0.2) is 9.67 Å². The predicted octanol–water partition coefficient (Wildman–Crippen LogP) is 2.12. The number of aliphatic imine (C=N–C) groups is 1. The number of nitrogens with one attached hydrogen (secondary N) is 2. The van der Waals surface area contributed by atoms with Gasteiger partial charge in [-0.15, -0.1) is 0 Å². The normalized spacial score (nSPS) is 25.7. The molecular weight excluding hydrogens is 416 g/mol. The molecule has 33 heavy (non-hydrogen) atoms. The fourth-order valence-corrected chi connectivity index (χ4v) is 5.30. The smallest absolute Gasteiger partial charge is 0.233 e. The summed E-state index contributed by atoms with van der Waals surface area (Å²) in [5, 5.41) is 11.0. The van der Waals surface area contributed by atoms with E-state index in [9.17, 15) is 9.59 Å². The zero-order valence-corrected chi connectivity index (χ0v) is 18.9. The van der Waals surface area contributed by atoms with Gasteiger partial charge >= 0.3 is 0 Å². The number of hydrogen-bond donors (Lipinski definition) is 2. The molecule has 8 nitrogen and oxygen atoms in total. The number of allylic oxidation sites excluding steroid dienone is 2. The van der Waals surface area contributed by atoms with E-state index in [1.54, 1.807) is 0 Å². The van der Waals surface area contributed by atoms with Gasteiger partial charge < -0.3 is 10.6 Å². The second-order valence-corrected chi connectivity index (χ2v) is 8.93. The highest BCUT2D eigenvalue weighted by molar-refractivity contribution is 6.06. The molecule has 172 valence electrons. The van der Waals surface area contributed by atoms with Crippen molar-refractivity contribution in [2.45, 2.75) is 26.3 Å². The van der Waals surface area contributed by atoms with Gasteiger partial charge in [0.1, 0.15) is 0 Å². The van der Waals surface area contributed by atoms with Crippen molar-refractivity contribution in [3.8, 4) is 5.69 Å². The van der Waals surface area contributed by atoms with Crippen LogP contribution in [0.5, 0.6) is 0 Å². The number of rotatable bonds is 8. The zero-order chi connectivity index (χ0) is 22.8. The fourth-order valence-electron chi connectivity index (χ4n) is 5.30. The molecule has 1 saturated carbocycles. The van der Waals surface area contributed by atoms with Crippen molar-refractivity contribution >= 4 is 17.8 Å². The largest absolute Gasteiger partial charge is 0.357 e. The highest BCUT2D eigenvalue weighted by Crippen LogP contribution is 2.52. The van der Waals surface area contributed by atoms with E-state index >= 15 is 0 Å². The number of carbonyl (C=O) groups is 2. The molecular formula is C25H30N6O2. The number of likely N-dealkylation sites (tertiary alicyclic amines) is 1. The quantitative estimate of drug-likeness (QED) is 0.213. The van der Waals surface area contributed by atoms with E-state index in [0.717, 1.165) is 24.2 Å². The third-order valence-electron chi connectivity index (χ3n) is 6.83. The van der Waals surface area contributed by atoms with Crippen molar-refractivity contribution in [3.05, 3.63) is 60.4 Å². The van der Waals surface area contributed by atoms with E-state index in [-0.39, 0.29) is 35.5 Å². The average Bonchev–Trinajstić information content (AvgIpc) is 3.61. The van der Waals surface area contributed by atoms with Gasteiger partial charge in [-0.1, -0.05) is 30.4 Å². The fraction of sp³-hybridized carbons (Fsp3) is 0.440. The molecule has 2 fully saturated rings. The number of hydrogen-bond acceptors (Lipinski definition) is 4. The van der Waals surface area contributed by atoms with Crippen LogP contribution in [0.15, 0.2) is 59.9 Å². The summed E-state index contributed by atoms with van der Waals surface area (Å²) >= 11 is 0. The Labute approximate surface area is 193 Å². The Morgan fingerprint density at radius 2 is 1.82 bits per heavy atom. The molecule has 2 amide bonds. The molecule has 4 atom stereocenters. The Balaban J connectivity index is 1.12. The molecule has 1 aromatic heterocycles. The van der Waals surface area contributed by atoms with E-state index < -0.39 is 0 Å². The summed E-state index contributed by atoms with van der Waals surface area (Å²) in [4.78, 5) is 31.7. The Bertz CT molecular complexity index is 1050. The van der Waals surface area contributed by atoms with E-state index in [1.807, 2.05) is 54.3 Å². The average molecular weight is 447 g/mol. The second-order valence-electron chi connectivity index (χ2n) is 8.93. The van der Waals surface area contributed by atoms with Crippen molar-refractivity contribution < 1.29 is 9.59 Å². The summed E-state index contributed by atoms with van der Waals surface area (Å²) in [5.41, 5.74) is 2.02. The molecule has 0 radical (unpaired) electrons. The number of imide groups is 1. The third-order valence-corrected chi connectivity index (χ3v) is 6.83. The minimum Gasteiger partial charge on any atom is -0.357 e. The van der Waals surface area contributed by atoms with Crippen molar-refractivity contribution in [2.24, 2.45) is 28.7 Å². The number of carbonyl (C=O) groups excluding carboxylic acids is 2. The number of guanidine groups is 1. The summed E-state index contributed by atoms with van der Waals surface area (Å²) in [5.74, 6) is 1.06. The summed E-state index contributed by atoms with van der Waals surface area (Å²) < 4.78 is 1.84. The highest BCUT2D eigenvalue weighted by atomic mass is 16.2. The van der Waals surface area contributed by atoms with Gasteiger partial charge in [-0.05, 0) is 43.7 Å². The monoisotopic (exact) mass is 446 g/mol. The predicted molar refractivity (Wildman–Crippen MR) is 125 cm³/mol. The molecule has 1 aliphatic heterocycles. The first-order valence-electron chi connectivity index (χ1n) is 11.8. The van der Waals surface area contributed by atoms with Crippen LogP contribution in [0, 0.1) is 23.7 Å². The summed E-state index contributed by atoms with van der Waals surface area (Å²) in [6.45, 7) is 4.36. The lowest BCUT2D eigenvalue weighted by Crippen LogP contribution is -2.40. The van der Waals surface area contributed by atoms with Crippen LogP contribution >= 0.6 is 0 Å². The zero-order valence-electron chi connectivity index (χ0n) is 18.9. The molecule has 3 aliphatic rings. The first-order valence-corrected chi connectivity index (χ1v) is 11.8. The number of fused-ring (bicyclic) bond motifs is 5. The lowest BCUT2D eigenvalue weighted by Gasteiger charge is -2.18. The Kier molecular flexibility index (Phi) is 5.98. The van der Waals surface area contributed by atoms with Gasteiger partial charge in [-0.3, -0.25) is 14.5 Å². The second kappa shape index (κ2) is 9.21. The van der Waals surface area contributed by atoms with E-state index in [4.69, 9.17) is 0 Å². The molecule has 2 bridgehead atoms. The van der Waals surface area contributed by atoms with Crippen molar-refractivity contribution in [2.75, 3.05) is 19.6 Å². The minimum atomic E-state index is -0.115. The lowest BCUT2D eigenvalue weighted by molar-refractivity contribution is -0.140. The third kappa shape index (κ3) is 4.17. The van der Waals surface area contributed by atoms with Crippen LogP contribution in [0.2, 0.25) is 0 Å². The van der Waals surface area contributed by atoms with Crippen LogP contribution in [0.1, 0.15) is 25.3 Å². The molecule has 4 unspecified atom stereocenters. The Morgan fingerprint density at radius 3 is 2.52 bits per heavy atom. The Morgan fingerprint density at radius 1 is 1.09 bits per heavy atom. The van der Waals surface area contributed by atoms with Crippen molar-refractivity contribution in [1.82, 2.24) is 25.3 Å². The molecule has 2 aromatic rings. The van der Waals surface area contributed by atoms with Gasteiger partial charge in [0.2, 0.25) is 11.8 Å². The standard InChI is InChI=1S/C25H30N6O2/c1-2-26-25(28-14-17-15-29-31(16-17)20-7-4-3-5-8-20)27-11-6-12-30-23(32)21-18-9-10-19(13-18)22(21)24(30)33/h3-5,7-10,15-16,18-19,21-22H,2,6,11-14H2,1H3,(H2,26,27,28). The van der Waals surface area contributed by atoms with Crippen LogP contribution in [0.3, 0.4) is 0 Å². The van der Waals surface area contributed by atoms with E-state index in [2.05, 4.69) is 32.9 Å². The first kappa shape index (κ1) is 21.4. The lowest BCUT2D eigenvalue weighted by atomic mass is 9.85. The number of benzene rings is 1. The van der Waals surface area contributed by atoms with E-state index in [1.165, 1.54) is 4.90 Å². The van der Waals surface area contributed by atoms with Gasteiger partial charge in [0.25, 0.3) is 0 Å². The van der Waals surface area contributed by atoms with Gasteiger partial charge in [0.05, 0.1) is 30.3 Å². The first-order chi connectivity index (χ1) is 16.2. The number of nitrogens with zero attached hydrogens (tertiary/aromatic N) is 4. The minimum absolute atomic E-state index is 0.0258. The molecule has 1 aromatic carbocycles. The van der Waals surface area contributed by atoms with Gasteiger partial charge in [-0.2, -0.15) is 5.10 Å². The molecule has 8 heteroatoms. The molecule has 2 aliphatic carbocycles. The van der Waals surface area contributed by atoms with Crippen LogP contribution < -0.4 is 10.6 Å². The topological polar surface area (TPSA) is 91.6 Å². The molecule has 5 rings (SSSR count).